The average molecular weight is 284 g/mol. The lowest BCUT2D eigenvalue weighted by molar-refractivity contribution is -0.128. The maximum Gasteiger partial charge on any atom is 0.335 e. The Morgan fingerprint density at radius 1 is 1.05 bits per heavy atom. The van der Waals surface area contributed by atoms with Gasteiger partial charge in [-0.15, -0.1) is 0 Å². The van der Waals surface area contributed by atoms with Gasteiger partial charge in [-0.25, -0.2) is 4.79 Å². The predicted molar refractivity (Wildman–Crippen MR) is 81.9 cm³/mol. The van der Waals surface area contributed by atoms with E-state index in [0.717, 1.165) is 11.6 Å². The number of ether oxygens (including phenoxy) is 2. The summed E-state index contributed by atoms with van der Waals surface area (Å²) in [5, 5.41) is 0. The molecule has 4 N–H and O–H groups in total. The summed E-state index contributed by atoms with van der Waals surface area (Å²) in [7, 11) is 0. The zero-order chi connectivity index (χ0) is 15.2. The van der Waals surface area contributed by atoms with Crippen LogP contribution in [0.5, 0.6) is 11.5 Å². The first-order valence-corrected chi connectivity index (χ1v) is 6.29. The van der Waals surface area contributed by atoms with Gasteiger partial charge in [0.25, 0.3) is 0 Å². The number of nitrogens with two attached hydrogens (primary N) is 2. The van der Waals surface area contributed by atoms with Gasteiger partial charge in [-0.1, -0.05) is 6.58 Å². The maximum atomic E-state index is 11.0. The molecule has 0 aliphatic rings. The van der Waals surface area contributed by atoms with Gasteiger partial charge >= 0.3 is 5.97 Å². The van der Waals surface area contributed by atoms with Gasteiger partial charge < -0.3 is 20.9 Å². The summed E-state index contributed by atoms with van der Waals surface area (Å²) < 4.78 is 10.6. The summed E-state index contributed by atoms with van der Waals surface area (Å²) in [6.45, 7) is 3.68. The number of rotatable bonds is 5. The normalized spacial score (nSPS) is 9.90. The number of hydrogen-bond acceptors (Lipinski definition) is 5. The van der Waals surface area contributed by atoms with Crippen LogP contribution in [-0.2, 0) is 11.4 Å². The molecule has 0 heterocycles. The van der Waals surface area contributed by atoms with Crippen LogP contribution in [0.2, 0.25) is 0 Å². The van der Waals surface area contributed by atoms with Crippen LogP contribution in [-0.4, -0.2) is 5.97 Å². The van der Waals surface area contributed by atoms with Crippen molar-refractivity contribution < 1.29 is 14.3 Å². The van der Waals surface area contributed by atoms with Crippen LogP contribution in [0.3, 0.4) is 0 Å². The monoisotopic (exact) mass is 284 g/mol. The summed E-state index contributed by atoms with van der Waals surface area (Å²) in [5.74, 6) is 0.578. The fourth-order valence-corrected chi connectivity index (χ4v) is 1.76. The molecule has 108 valence electrons. The van der Waals surface area contributed by atoms with Crippen LogP contribution in [0.15, 0.2) is 55.1 Å². The molecule has 0 aliphatic carbocycles. The molecule has 0 spiro atoms. The molecule has 21 heavy (non-hydrogen) atoms. The van der Waals surface area contributed by atoms with Crippen molar-refractivity contribution in [3.63, 3.8) is 0 Å². The predicted octanol–water partition coefficient (Wildman–Crippen LogP) is 2.52. The van der Waals surface area contributed by atoms with E-state index in [4.69, 9.17) is 20.9 Å². The van der Waals surface area contributed by atoms with E-state index >= 15 is 0 Å². The molecule has 2 rings (SSSR count). The molecule has 5 heteroatoms. The van der Waals surface area contributed by atoms with Gasteiger partial charge in [0.15, 0.2) is 0 Å². The molecule has 0 saturated heterocycles. The van der Waals surface area contributed by atoms with Crippen molar-refractivity contribution >= 4 is 17.3 Å². The highest BCUT2D eigenvalue weighted by atomic mass is 16.5. The van der Waals surface area contributed by atoms with Crippen molar-refractivity contribution in [2.45, 2.75) is 6.61 Å². The third-order valence-electron chi connectivity index (χ3n) is 2.65. The fourth-order valence-electron chi connectivity index (χ4n) is 1.76. The second-order valence-corrected chi connectivity index (χ2v) is 4.39. The number of benzene rings is 2. The second-order valence-electron chi connectivity index (χ2n) is 4.39. The Bertz CT molecular complexity index is 631. The Hall–Kier alpha value is -2.95. The molecular formula is C16H16N2O3. The first kappa shape index (κ1) is 14.5. The molecule has 2 aromatic carbocycles. The van der Waals surface area contributed by atoms with Gasteiger partial charge in [-0.3, -0.25) is 0 Å². The molecule has 5 nitrogen and oxygen atoms in total. The van der Waals surface area contributed by atoms with E-state index < -0.39 is 5.97 Å². The SMILES string of the molecule is C=CC(=O)Oc1ccc(OCc2cc(N)cc(N)c2)cc1. The van der Waals surface area contributed by atoms with Crippen molar-refractivity contribution in [1.82, 2.24) is 0 Å². The Morgan fingerprint density at radius 2 is 1.62 bits per heavy atom. The Balaban J connectivity index is 1.97. The molecule has 0 amide bonds. The number of esters is 1. The quantitative estimate of drug-likeness (QED) is 0.381. The van der Waals surface area contributed by atoms with Crippen LogP contribution in [0.1, 0.15) is 5.56 Å². The minimum absolute atomic E-state index is 0.348. The maximum absolute atomic E-state index is 11.0. The summed E-state index contributed by atoms with van der Waals surface area (Å²) in [6, 6.07) is 12.0. The summed E-state index contributed by atoms with van der Waals surface area (Å²) in [6.07, 6.45) is 1.11. The smallest absolute Gasteiger partial charge is 0.335 e. The van der Waals surface area contributed by atoms with Crippen LogP contribution >= 0.6 is 0 Å². The summed E-state index contributed by atoms with van der Waals surface area (Å²) >= 11 is 0. The molecule has 0 aliphatic heterocycles. The molecule has 0 aromatic heterocycles. The Labute approximate surface area is 122 Å². The van der Waals surface area contributed by atoms with Gasteiger partial charge in [-0.05, 0) is 48.0 Å². The Kier molecular flexibility index (Phi) is 4.46. The second kappa shape index (κ2) is 6.47. The fraction of sp³-hybridized carbons (Fsp3) is 0.0625. The van der Waals surface area contributed by atoms with Crippen molar-refractivity contribution in [3.05, 3.63) is 60.7 Å². The first-order chi connectivity index (χ1) is 10.1. The van der Waals surface area contributed by atoms with E-state index in [2.05, 4.69) is 6.58 Å². The van der Waals surface area contributed by atoms with E-state index in [1.165, 1.54) is 0 Å². The highest BCUT2D eigenvalue weighted by molar-refractivity contribution is 5.83. The standard InChI is InChI=1S/C16H16N2O3/c1-2-16(19)21-15-5-3-14(4-6-15)20-10-11-7-12(17)9-13(18)8-11/h2-9H,1,10,17-18H2. The number of hydrogen-bond donors (Lipinski definition) is 2. The topological polar surface area (TPSA) is 87.6 Å². The highest BCUT2D eigenvalue weighted by Gasteiger charge is 2.02. The molecule has 2 aromatic rings. The van der Waals surface area contributed by atoms with Crippen molar-refractivity contribution in [2.75, 3.05) is 11.5 Å². The van der Waals surface area contributed by atoms with Crippen LogP contribution in [0.25, 0.3) is 0 Å². The van der Waals surface area contributed by atoms with Gasteiger partial charge in [0.1, 0.15) is 18.1 Å². The number of carbonyl (C=O) groups is 1. The minimum atomic E-state index is -0.501. The summed E-state index contributed by atoms with van der Waals surface area (Å²) in [4.78, 5) is 11.0. The lowest BCUT2D eigenvalue weighted by Crippen LogP contribution is -2.03. The van der Waals surface area contributed by atoms with Gasteiger partial charge in [0.05, 0.1) is 0 Å². The third kappa shape index (κ3) is 4.28. The molecular weight excluding hydrogens is 268 g/mol. The van der Waals surface area contributed by atoms with E-state index in [-0.39, 0.29) is 0 Å². The largest absolute Gasteiger partial charge is 0.489 e. The van der Waals surface area contributed by atoms with Gasteiger partial charge in [0.2, 0.25) is 0 Å². The first-order valence-electron chi connectivity index (χ1n) is 6.29. The lowest BCUT2D eigenvalue weighted by atomic mass is 10.2. The van der Waals surface area contributed by atoms with E-state index in [9.17, 15) is 4.79 Å². The zero-order valence-corrected chi connectivity index (χ0v) is 11.4. The van der Waals surface area contributed by atoms with Gasteiger partial charge in [0, 0.05) is 17.5 Å². The lowest BCUT2D eigenvalue weighted by Gasteiger charge is -2.08. The van der Waals surface area contributed by atoms with Crippen molar-refractivity contribution in [2.24, 2.45) is 0 Å². The van der Waals surface area contributed by atoms with Crippen molar-refractivity contribution in [3.8, 4) is 11.5 Å². The molecule has 0 fully saturated rings. The molecule has 0 unspecified atom stereocenters. The van der Waals surface area contributed by atoms with Gasteiger partial charge in [-0.2, -0.15) is 0 Å². The number of anilines is 2. The molecule has 0 bridgehead atoms. The number of nitrogen functional groups attached to an aromatic ring is 2. The molecule has 0 saturated carbocycles. The van der Waals surface area contributed by atoms with E-state index in [1.54, 1.807) is 42.5 Å². The third-order valence-corrected chi connectivity index (χ3v) is 2.65. The molecule has 0 atom stereocenters. The van der Waals surface area contributed by atoms with E-state index in [1.807, 2.05) is 0 Å². The average Bonchev–Trinajstić information content (AvgIpc) is 2.45. The van der Waals surface area contributed by atoms with Crippen LogP contribution in [0.4, 0.5) is 11.4 Å². The number of carbonyl (C=O) groups excluding carboxylic acids is 1. The molecule has 0 radical (unpaired) electrons. The van der Waals surface area contributed by atoms with Crippen LogP contribution in [0, 0.1) is 0 Å². The van der Waals surface area contributed by atoms with Crippen LogP contribution < -0.4 is 20.9 Å². The zero-order valence-electron chi connectivity index (χ0n) is 11.4. The van der Waals surface area contributed by atoms with E-state index in [0.29, 0.717) is 29.5 Å². The van der Waals surface area contributed by atoms with Crippen molar-refractivity contribution in [1.29, 1.82) is 0 Å². The highest BCUT2D eigenvalue weighted by Crippen LogP contribution is 2.20. The minimum Gasteiger partial charge on any atom is -0.489 e. The Morgan fingerprint density at radius 3 is 2.19 bits per heavy atom. The summed E-state index contributed by atoms with van der Waals surface area (Å²) in [5.41, 5.74) is 13.5.